The Morgan fingerprint density at radius 1 is 1.03 bits per heavy atom. The quantitative estimate of drug-likeness (QED) is 0.503. The van der Waals surface area contributed by atoms with Crippen LogP contribution in [0.5, 0.6) is 0 Å². The third-order valence-electron chi connectivity index (χ3n) is 3.94. The molecule has 8 nitrogen and oxygen atoms in total. The second-order valence-electron chi connectivity index (χ2n) is 5.77. The molecular weight excluding hydrogens is 410 g/mol. The summed E-state index contributed by atoms with van der Waals surface area (Å²) in [6, 6.07) is 0.572. The number of rotatable bonds is 2. The van der Waals surface area contributed by atoms with Crippen molar-refractivity contribution in [1.29, 1.82) is 0 Å². The molecule has 4 heterocycles. The number of primary amides is 1. The van der Waals surface area contributed by atoms with Gasteiger partial charge in [0.25, 0.3) is 11.8 Å². The lowest BCUT2D eigenvalue weighted by Gasteiger charge is -2.15. The van der Waals surface area contributed by atoms with Crippen LogP contribution in [0, 0.1) is 0 Å². The molecule has 14 heteroatoms. The normalized spacial score (nSPS) is 12.8. The van der Waals surface area contributed by atoms with E-state index in [1.165, 1.54) is 0 Å². The number of carbonyl (C=O) groups excluding carboxylic acids is 1. The lowest BCUT2D eigenvalue weighted by atomic mass is 10.1. The zero-order valence-electron chi connectivity index (χ0n) is 13.7. The first-order valence-corrected chi connectivity index (χ1v) is 7.54. The minimum Gasteiger partial charge on any atom is -0.422 e. The number of imidazole rings is 1. The van der Waals surface area contributed by atoms with Gasteiger partial charge >= 0.3 is 12.4 Å². The van der Waals surface area contributed by atoms with Crippen molar-refractivity contribution in [2.24, 2.45) is 5.73 Å². The van der Waals surface area contributed by atoms with Crippen LogP contribution in [0.3, 0.4) is 0 Å². The van der Waals surface area contributed by atoms with E-state index < -0.39 is 46.1 Å². The van der Waals surface area contributed by atoms with Gasteiger partial charge in [0.15, 0.2) is 5.65 Å². The molecule has 4 aromatic rings. The standard InChI is InChI=1S/C15H6F6N6O2/c16-14(17,18)7-2-9(15(19,20)21)25-11-5(7)1-6(10(22)28)12-24-8(3-27(11)12)13-26-23-4-29-13/h1-4H,(H2,22,28). The zero-order valence-corrected chi connectivity index (χ0v) is 13.7. The van der Waals surface area contributed by atoms with E-state index in [9.17, 15) is 31.1 Å². The van der Waals surface area contributed by atoms with E-state index in [0.29, 0.717) is 6.07 Å². The summed E-state index contributed by atoms with van der Waals surface area (Å²) in [5.74, 6) is -1.33. The highest BCUT2D eigenvalue weighted by Gasteiger charge is 2.40. The Morgan fingerprint density at radius 2 is 1.76 bits per heavy atom. The Bertz CT molecular complexity index is 1260. The fourth-order valence-corrected chi connectivity index (χ4v) is 2.76. The largest absolute Gasteiger partial charge is 0.433 e. The first-order valence-electron chi connectivity index (χ1n) is 7.54. The molecule has 0 spiro atoms. The van der Waals surface area contributed by atoms with Crippen molar-refractivity contribution in [3.8, 4) is 11.6 Å². The topological polar surface area (TPSA) is 112 Å². The third-order valence-corrected chi connectivity index (χ3v) is 3.94. The van der Waals surface area contributed by atoms with E-state index in [1.807, 2.05) is 0 Å². The maximum absolute atomic E-state index is 13.5. The Balaban J connectivity index is 2.19. The van der Waals surface area contributed by atoms with Gasteiger partial charge in [0, 0.05) is 11.6 Å². The summed E-state index contributed by atoms with van der Waals surface area (Å²) >= 11 is 0. The number of nitrogens with zero attached hydrogens (tertiary/aromatic N) is 5. The van der Waals surface area contributed by atoms with E-state index >= 15 is 0 Å². The van der Waals surface area contributed by atoms with Crippen LogP contribution in [-0.4, -0.2) is 30.5 Å². The predicted octanol–water partition coefficient (Wildman–Crippen LogP) is 3.07. The van der Waals surface area contributed by atoms with Gasteiger partial charge in [0.1, 0.15) is 17.0 Å². The van der Waals surface area contributed by atoms with Crippen molar-refractivity contribution >= 4 is 22.6 Å². The van der Waals surface area contributed by atoms with Gasteiger partial charge in [0.05, 0.1) is 11.1 Å². The lowest BCUT2D eigenvalue weighted by molar-refractivity contribution is -0.144. The van der Waals surface area contributed by atoms with Gasteiger partial charge in [-0.15, -0.1) is 10.2 Å². The number of amides is 1. The fraction of sp³-hybridized carbons (Fsp3) is 0.133. The average Bonchev–Trinajstić information content (AvgIpc) is 3.27. The molecule has 0 unspecified atom stereocenters. The van der Waals surface area contributed by atoms with Gasteiger partial charge < -0.3 is 10.2 Å². The summed E-state index contributed by atoms with van der Waals surface area (Å²) in [6.07, 6.45) is -8.36. The number of aromatic nitrogens is 5. The fourth-order valence-electron chi connectivity index (χ4n) is 2.76. The van der Waals surface area contributed by atoms with Gasteiger partial charge in [-0.1, -0.05) is 0 Å². The minimum atomic E-state index is -5.17. The number of pyridine rings is 2. The lowest BCUT2D eigenvalue weighted by Crippen LogP contribution is -2.17. The minimum absolute atomic E-state index is 0.106. The summed E-state index contributed by atoms with van der Waals surface area (Å²) in [5.41, 5.74) is 0.213. The second-order valence-corrected chi connectivity index (χ2v) is 5.77. The van der Waals surface area contributed by atoms with Gasteiger partial charge in [0.2, 0.25) is 6.39 Å². The number of hydrogen-bond acceptors (Lipinski definition) is 6. The van der Waals surface area contributed by atoms with Crippen LogP contribution in [0.1, 0.15) is 21.6 Å². The summed E-state index contributed by atoms with van der Waals surface area (Å²) in [4.78, 5) is 19.1. The number of alkyl halides is 6. The smallest absolute Gasteiger partial charge is 0.422 e. The molecule has 0 atom stereocenters. The monoisotopic (exact) mass is 416 g/mol. The highest BCUT2D eigenvalue weighted by Crippen LogP contribution is 2.39. The number of nitrogens with two attached hydrogens (primary N) is 1. The van der Waals surface area contributed by atoms with E-state index in [-0.39, 0.29) is 23.3 Å². The molecule has 0 aliphatic rings. The summed E-state index contributed by atoms with van der Waals surface area (Å²) in [7, 11) is 0. The first kappa shape index (κ1) is 18.6. The SMILES string of the molecule is NC(=O)c1cc2c(C(F)(F)F)cc(C(F)(F)F)nc2n2cc(-c3nnco3)nc12. The molecule has 0 aliphatic heterocycles. The number of fused-ring (bicyclic) bond motifs is 3. The second kappa shape index (κ2) is 5.89. The van der Waals surface area contributed by atoms with Gasteiger partial charge in [-0.3, -0.25) is 9.20 Å². The molecule has 4 aromatic heterocycles. The van der Waals surface area contributed by atoms with E-state index in [4.69, 9.17) is 10.2 Å². The van der Waals surface area contributed by atoms with Crippen LogP contribution < -0.4 is 5.73 Å². The molecule has 0 fully saturated rings. The molecule has 2 N–H and O–H groups in total. The van der Waals surface area contributed by atoms with Crippen LogP contribution in [0.2, 0.25) is 0 Å². The average molecular weight is 416 g/mol. The third kappa shape index (κ3) is 3.01. The molecular formula is C15H6F6N6O2. The van der Waals surface area contributed by atoms with Crippen molar-refractivity contribution in [2.45, 2.75) is 12.4 Å². The van der Waals surface area contributed by atoms with Crippen LogP contribution in [0.4, 0.5) is 26.3 Å². The number of carbonyl (C=O) groups is 1. The molecule has 0 radical (unpaired) electrons. The molecule has 4 rings (SSSR count). The molecule has 0 saturated carbocycles. The highest BCUT2D eigenvalue weighted by atomic mass is 19.4. The zero-order chi connectivity index (χ0) is 21.1. The van der Waals surface area contributed by atoms with Crippen LogP contribution in [0.15, 0.2) is 29.1 Å². The molecule has 0 aromatic carbocycles. The van der Waals surface area contributed by atoms with Crippen molar-refractivity contribution in [1.82, 2.24) is 24.6 Å². The molecule has 1 amide bonds. The maximum Gasteiger partial charge on any atom is 0.433 e. The summed E-state index contributed by atoms with van der Waals surface area (Å²) in [5, 5.41) is 6.21. The Morgan fingerprint density at radius 3 is 2.31 bits per heavy atom. The van der Waals surface area contributed by atoms with Gasteiger partial charge in [-0.25, -0.2) is 9.97 Å². The molecule has 0 saturated heterocycles. The molecule has 150 valence electrons. The molecule has 0 aliphatic carbocycles. The van der Waals surface area contributed by atoms with Gasteiger partial charge in [-0.2, -0.15) is 26.3 Å². The van der Waals surface area contributed by atoms with E-state index in [0.717, 1.165) is 17.0 Å². The molecule has 0 bridgehead atoms. The molecule has 29 heavy (non-hydrogen) atoms. The van der Waals surface area contributed by atoms with E-state index in [1.54, 1.807) is 0 Å². The Kier molecular flexibility index (Phi) is 3.79. The summed E-state index contributed by atoms with van der Waals surface area (Å²) in [6.45, 7) is 0. The number of halogens is 6. The number of hydrogen-bond donors (Lipinski definition) is 1. The van der Waals surface area contributed by atoms with Crippen LogP contribution in [-0.2, 0) is 12.4 Å². The van der Waals surface area contributed by atoms with Crippen LogP contribution >= 0.6 is 0 Å². The van der Waals surface area contributed by atoms with E-state index in [2.05, 4.69) is 20.2 Å². The van der Waals surface area contributed by atoms with Crippen molar-refractivity contribution in [3.63, 3.8) is 0 Å². The predicted molar refractivity (Wildman–Crippen MR) is 82.3 cm³/mol. The maximum atomic E-state index is 13.5. The Hall–Kier alpha value is -3.71. The summed E-state index contributed by atoms with van der Waals surface area (Å²) < 4.78 is 85.6. The van der Waals surface area contributed by atoms with Crippen molar-refractivity contribution < 1.29 is 35.6 Å². The van der Waals surface area contributed by atoms with Crippen LogP contribution in [0.25, 0.3) is 28.3 Å². The van der Waals surface area contributed by atoms with Crippen molar-refractivity contribution in [3.05, 3.63) is 41.5 Å². The highest BCUT2D eigenvalue weighted by molar-refractivity contribution is 6.03. The van der Waals surface area contributed by atoms with Gasteiger partial charge in [-0.05, 0) is 12.1 Å². The first-order chi connectivity index (χ1) is 13.5. The Labute approximate surface area is 155 Å². The van der Waals surface area contributed by atoms with Crippen molar-refractivity contribution in [2.75, 3.05) is 0 Å².